The van der Waals surface area contributed by atoms with Crippen LogP contribution in [0.25, 0.3) is 0 Å². The maximum atomic E-state index is 12.8. The van der Waals surface area contributed by atoms with Crippen LogP contribution in [0, 0.1) is 0 Å². The first-order valence-electron chi connectivity index (χ1n) is 8.31. The molecule has 0 bridgehead atoms. The zero-order chi connectivity index (χ0) is 16.9. The van der Waals surface area contributed by atoms with Crippen molar-refractivity contribution >= 4 is 16.4 Å². The van der Waals surface area contributed by atoms with E-state index in [1.54, 1.807) is 0 Å². The van der Waals surface area contributed by atoms with Gasteiger partial charge in [0.05, 0.1) is 19.4 Å². The minimum Gasteiger partial charge on any atom is -0.374 e. The van der Waals surface area contributed by atoms with Crippen LogP contribution in [0.1, 0.15) is 47.5 Å². The predicted molar refractivity (Wildman–Crippen MR) is 90.4 cm³/mol. The Kier molecular flexibility index (Phi) is 12.8. The Morgan fingerprint density at radius 1 is 0.773 bits per heavy atom. The molecule has 0 spiro atoms. The minimum absolute atomic E-state index is 0.263. The Balaban J connectivity index is 4.87. The Labute approximate surface area is 136 Å². The molecule has 0 amide bonds. The van der Waals surface area contributed by atoms with Crippen molar-refractivity contribution in [3.63, 3.8) is 0 Å². The quantitative estimate of drug-likeness (QED) is 0.325. The number of hydrogen-bond acceptors (Lipinski definition) is 6. The lowest BCUT2D eigenvalue weighted by Gasteiger charge is -2.29. The summed E-state index contributed by atoms with van der Waals surface area (Å²) in [7, 11) is -5.94. The van der Waals surface area contributed by atoms with Gasteiger partial charge in [0.2, 0.25) is 0 Å². The largest absolute Gasteiger partial charge is 0.501 e. The van der Waals surface area contributed by atoms with E-state index in [1.807, 2.05) is 34.6 Å². The van der Waals surface area contributed by atoms with E-state index < -0.39 is 16.4 Å². The van der Waals surface area contributed by atoms with Crippen LogP contribution in [0.15, 0.2) is 0 Å². The smallest absolute Gasteiger partial charge is 0.374 e. The van der Waals surface area contributed by atoms with Crippen LogP contribution in [0.4, 0.5) is 0 Å². The van der Waals surface area contributed by atoms with Crippen LogP contribution in [0.3, 0.4) is 0 Å². The maximum absolute atomic E-state index is 12.8. The van der Waals surface area contributed by atoms with E-state index in [-0.39, 0.29) is 6.16 Å². The first-order chi connectivity index (χ1) is 10.5. The molecule has 134 valence electrons. The van der Waals surface area contributed by atoms with Gasteiger partial charge in [-0.15, -0.1) is 0 Å². The lowest BCUT2D eigenvalue weighted by atomic mass is 10.5. The molecule has 0 aliphatic carbocycles. The molecule has 0 aromatic rings. The van der Waals surface area contributed by atoms with Gasteiger partial charge in [-0.1, -0.05) is 13.8 Å². The average molecular weight is 356 g/mol. The first-order valence-corrected chi connectivity index (χ1v) is 12.0. The molecule has 0 fully saturated rings. The van der Waals surface area contributed by atoms with Crippen molar-refractivity contribution in [2.75, 3.05) is 39.2 Å². The van der Waals surface area contributed by atoms with Crippen molar-refractivity contribution in [1.29, 1.82) is 0 Å². The highest BCUT2D eigenvalue weighted by Crippen LogP contribution is 2.50. The van der Waals surface area contributed by atoms with Crippen LogP contribution in [-0.2, 0) is 26.9 Å². The highest BCUT2D eigenvalue weighted by atomic mass is 31.2. The van der Waals surface area contributed by atoms with Crippen LogP contribution in [0.2, 0.25) is 6.04 Å². The molecular formula is C14H33O6PSi. The summed E-state index contributed by atoms with van der Waals surface area (Å²) < 4.78 is 41.1. The van der Waals surface area contributed by atoms with Crippen LogP contribution in [0.5, 0.6) is 0 Å². The molecule has 6 nitrogen and oxygen atoms in total. The fourth-order valence-electron chi connectivity index (χ4n) is 1.90. The molecule has 0 saturated carbocycles. The molecule has 0 radical (unpaired) electrons. The molecule has 0 aliphatic heterocycles. The molecule has 0 aromatic heterocycles. The summed E-state index contributed by atoms with van der Waals surface area (Å²) in [6.45, 7) is 12.0. The van der Waals surface area contributed by atoms with Gasteiger partial charge in [-0.25, -0.2) is 0 Å². The van der Waals surface area contributed by atoms with Gasteiger partial charge in [0.1, 0.15) is 0 Å². The third kappa shape index (κ3) is 8.77. The number of rotatable bonds is 15. The molecule has 0 N–H and O–H groups in total. The fraction of sp³-hybridized carbons (Fsp3) is 1.00. The molecule has 0 atom stereocenters. The minimum atomic E-state index is -3.13. The summed E-state index contributed by atoms with van der Waals surface area (Å²) in [5, 5.41) is 0. The van der Waals surface area contributed by atoms with Gasteiger partial charge in [0.15, 0.2) is 0 Å². The molecule has 0 aliphatic rings. The third-order valence-corrected chi connectivity index (χ3v) is 8.16. The monoisotopic (exact) mass is 356 g/mol. The Bertz CT molecular complexity index is 287. The zero-order valence-electron chi connectivity index (χ0n) is 14.8. The zero-order valence-corrected chi connectivity index (χ0v) is 16.7. The summed E-state index contributed by atoms with van der Waals surface area (Å²) >= 11 is 0. The van der Waals surface area contributed by atoms with Crippen LogP contribution < -0.4 is 0 Å². The molecule has 0 heterocycles. The van der Waals surface area contributed by atoms with Crippen LogP contribution in [-0.4, -0.2) is 48.0 Å². The van der Waals surface area contributed by atoms with Crippen molar-refractivity contribution in [1.82, 2.24) is 0 Å². The molecular weight excluding hydrogens is 323 g/mol. The van der Waals surface area contributed by atoms with Gasteiger partial charge in [-0.05, 0) is 33.6 Å². The van der Waals surface area contributed by atoms with Crippen molar-refractivity contribution < 1.29 is 26.9 Å². The van der Waals surface area contributed by atoms with E-state index >= 15 is 0 Å². The fourth-order valence-corrected chi connectivity index (χ4v) is 7.35. The second-order valence-corrected chi connectivity index (χ2v) is 9.65. The summed E-state index contributed by atoms with van der Waals surface area (Å²) in [4.78, 5) is 0. The topological polar surface area (TPSA) is 63.2 Å². The van der Waals surface area contributed by atoms with E-state index in [1.165, 1.54) is 0 Å². The highest BCUT2D eigenvalue weighted by Gasteiger charge is 2.43. The van der Waals surface area contributed by atoms with E-state index in [9.17, 15) is 4.57 Å². The summed E-state index contributed by atoms with van der Waals surface area (Å²) in [5.41, 5.74) is 0. The van der Waals surface area contributed by atoms with Gasteiger partial charge >= 0.3 is 16.4 Å². The van der Waals surface area contributed by atoms with Crippen molar-refractivity contribution in [3.05, 3.63) is 0 Å². The molecule has 0 unspecified atom stereocenters. The summed E-state index contributed by atoms with van der Waals surface area (Å²) in [6, 6.07) is 0.438. The maximum Gasteiger partial charge on any atom is 0.501 e. The second kappa shape index (κ2) is 12.6. The van der Waals surface area contributed by atoms with Crippen molar-refractivity contribution in [2.24, 2.45) is 0 Å². The average Bonchev–Trinajstić information content (AvgIpc) is 2.50. The van der Waals surface area contributed by atoms with Gasteiger partial charge in [-0.3, -0.25) is 4.57 Å². The summed E-state index contributed by atoms with van der Waals surface area (Å²) in [6.07, 6.45) is 1.86. The lowest BCUT2D eigenvalue weighted by Crippen LogP contribution is -2.46. The van der Waals surface area contributed by atoms with Crippen molar-refractivity contribution in [3.8, 4) is 0 Å². The standard InChI is InChI=1S/C14H33O6PSi/c1-6-11-16-21(15,17-12-7-2)13-14-22(18-8-3,19-9-4)20-10-5/h6-14H2,1-5H3. The van der Waals surface area contributed by atoms with Gasteiger partial charge in [-0.2, -0.15) is 0 Å². The number of hydrogen-bond donors (Lipinski definition) is 0. The highest BCUT2D eigenvalue weighted by molar-refractivity contribution is 7.54. The van der Waals surface area contributed by atoms with Crippen molar-refractivity contribution in [2.45, 2.75) is 53.5 Å². The van der Waals surface area contributed by atoms with E-state index in [0.29, 0.717) is 39.1 Å². The summed E-state index contributed by atoms with van der Waals surface area (Å²) in [5.74, 6) is 0. The van der Waals surface area contributed by atoms with Crippen LogP contribution >= 0.6 is 7.60 Å². The Morgan fingerprint density at radius 3 is 1.50 bits per heavy atom. The molecule has 8 heteroatoms. The van der Waals surface area contributed by atoms with E-state index in [2.05, 4.69) is 0 Å². The predicted octanol–water partition coefficient (Wildman–Crippen LogP) is 4.08. The van der Waals surface area contributed by atoms with Gasteiger partial charge in [0.25, 0.3) is 0 Å². The van der Waals surface area contributed by atoms with E-state index in [4.69, 9.17) is 22.3 Å². The van der Waals surface area contributed by atoms with Gasteiger partial charge < -0.3 is 22.3 Å². The second-order valence-electron chi connectivity index (χ2n) is 4.73. The SMILES string of the molecule is CCCOP(=O)(CC[Si](OCC)(OCC)OCC)OCCC. The normalized spacial score (nSPS) is 12.8. The molecule has 22 heavy (non-hydrogen) atoms. The molecule has 0 aromatic carbocycles. The lowest BCUT2D eigenvalue weighted by molar-refractivity contribution is 0.0720. The third-order valence-electron chi connectivity index (χ3n) is 2.77. The Morgan fingerprint density at radius 2 is 1.18 bits per heavy atom. The molecule has 0 rings (SSSR count). The van der Waals surface area contributed by atoms with E-state index in [0.717, 1.165) is 12.8 Å². The van der Waals surface area contributed by atoms with Gasteiger partial charge in [0, 0.05) is 25.9 Å². The molecule has 0 saturated heterocycles. The first kappa shape index (κ1) is 22.2. The Hall–Kier alpha value is 0.247.